The average molecular weight is 442 g/mol. The van der Waals surface area contributed by atoms with Crippen LogP contribution in [0.3, 0.4) is 0 Å². The van der Waals surface area contributed by atoms with Gasteiger partial charge < -0.3 is 47.4 Å². The molecule has 0 aromatic heterocycles. The molecule has 13 heteroatoms. The molecule has 0 aliphatic heterocycles. The van der Waals surface area contributed by atoms with Crippen LogP contribution in [0, 0.1) is 0 Å². The molecule has 0 N–H and O–H groups in total. The second kappa shape index (κ2) is 21.4. The summed E-state index contributed by atoms with van der Waals surface area (Å²) in [5.41, 5.74) is 0. The maximum Gasteiger partial charge on any atom is 0.508 e. The predicted molar refractivity (Wildman–Crippen MR) is 97.3 cm³/mol. The van der Waals surface area contributed by atoms with Crippen molar-refractivity contribution >= 4 is 18.5 Å². The maximum atomic E-state index is 11.3. The Hall–Kier alpha value is -2.35. The van der Waals surface area contributed by atoms with Gasteiger partial charge in [-0.25, -0.2) is 14.4 Å². The van der Waals surface area contributed by atoms with Gasteiger partial charge in [0.05, 0.1) is 67.1 Å². The van der Waals surface area contributed by atoms with E-state index >= 15 is 0 Å². The highest BCUT2D eigenvalue weighted by Gasteiger charge is 2.04. The average Bonchev–Trinajstić information content (AvgIpc) is 2.75. The van der Waals surface area contributed by atoms with Crippen molar-refractivity contribution in [3.05, 3.63) is 0 Å². The van der Waals surface area contributed by atoms with Crippen LogP contribution in [0.1, 0.15) is 0 Å². The zero-order valence-electron chi connectivity index (χ0n) is 17.3. The van der Waals surface area contributed by atoms with Gasteiger partial charge in [-0.15, -0.1) is 0 Å². The molecular formula is C17H30O13. The number of rotatable bonds is 18. The van der Waals surface area contributed by atoms with Gasteiger partial charge in [0.25, 0.3) is 0 Å². The lowest BCUT2D eigenvalue weighted by Crippen LogP contribution is -2.17. The van der Waals surface area contributed by atoms with Crippen molar-refractivity contribution in [3.63, 3.8) is 0 Å². The summed E-state index contributed by atoms with van der Waals surface area (Å²) in [5, 5.41) is 0. The fourth-order valence-corrected chi connectivity index (χ4v) is 1.54. The monoisotopic (exact) mass is 442 g/mol. The Kier molecular flexibility index (Phi) is 19.7. The van der Waals surface area contributed by atoms with E-state index < -0.39 is 18.5 Å². The molecule has 0 fully saturated rings. The highest BCUT2D eigenvalue weighted by molar-refractivity contribution is 5.60. The molecule has 13 nitrogen and oxygen atoms in total. The zero-order valence-corrected chi connectivity index (χ0v) is 17.3. The first-order chi connectivity index (χ1) is 14.6. The Morgan fingerprint density at radius 2 is 0.633 bits per heavy atom. The minimum absolute atomic E-state index is 0.0344. The fraction of sp³-hybridized carbons (Fsp3) is 0.824. The molecule has 0 saturated heterocycles. The van der Waals surface area contributed by atoms with Crippen molar-refractivity contribution in [1.82, 2.24) is 0 Å². The number of ether oxygens (including phenoxy) is 10. The van der Waals surface area contributed by atoms with E-state index in [-0.39, 0.29) is 52.9 Å². The first kappa shape index (κ1) is 27.6. The van der Waals surface area contributed by atoms with Crippen LogP contribution in [-0.4, -0.2) is 112 Å². The molecule has 0 atom stereocenters. The Bertz CT molecular complexity index is 405. The number of methoxy groups -OCH3 is 2. The van der Waals surface area contributed by atoms with Gasteiger partial charge in [-0.1, -0.05) is 0 Å². The summed E-state index contributed by atoms with van der Waals surface area (Å²) in [4.78, 5) is 32.6. The Labute approximate surface area is 174 Å². The van der Waals surface area contributed by atoms with Gasteiger partial charge >= 0.3 is 18.5 Å². The molecule has 176 valence electrons. The molecule has 0 bridgehead atoms. The van der Waals surface area contributed by atoms with Crippen LogP contribution in [0.4, 0.5) is 14.4 Å². The molecule has 0 spiro atoms. The summed E-state index contributed by atoms with van der Waals surface area (Å²) in [7, 11) is 2.44. The normalized spacial score (nSPS) is 10.2. The van der Waals surface area contributed by atoms with Crippen LogP contribution < -0.4 is 0 Å². The minimum atomic E-state index is -0.824. The van der Waals surface area contributed by atoms with E-state index in [0.29, 0.717) is 26.4 Å². The van der Waals surface area contributed by atoms with E-state index in [9.17, 15) is 14.4 Å². The van der Waals surface area contributed by atoms with Crippen LogP contribution in [-0.2, 0) is 47.4 Å². The Balaban J connectivity index is 3.22. The molecule has 0 heterocycles. The summed E-state index contributed by atoms with van der Waals surface area (Å²) < 4.78 is 48.1. The van der Waals surface area contributed by atoms with Crippen molar-refractivity contribution < 1.29 is 61.8 Å². The lowest BCUT2D eigenvalue weighted by molar-refractivity contribution is -0.0136. The molecule has 0 aliphatic carbocycles. The van der Waals surface area contributed by atoms with E-state index in [0.717, 1.165) is 0 Å². The van der Waals surface area contributed by atoms with Crippen LogP contribution in [0.5, 0.6) is 0 Å². The van der Waals surface area contributed by atoms with E-state index in [2.05, 4.69) is 18.9 Å². The van der Waals surface area contributed by atoms with Gasteiger partial charge in [-0.3, -0.25) is 0 Å². The SMILES string of the molecule is COC(=O)OCCOCCOCCOC(=O)OCCOCCOCCOC(=O)OC. The van der Waals surface area contributed by atoms with E-state index in [1.807, 2.05) is 0 Å². The third kappa shape index (κ3) is 20.4. The van der Waals surface area contributed by atoms with Crippen molar-refractivity contribution in [2.45, 2.75) is 0 Å². The van der Waals surface area contributed by atoms with Crippen molar-refractivity contribution in [2.24, 2.45) is 0 Å². The van der Waals surface area contributed by atoms with Gasteiger partial charge in [0.1, 0.15) is 26.4 Å². The quantitative estimate of drug-likeness (QED) is 0.168. The summed E-state index contributed by atoms with van der Waals surface area (Å²) >= 11 is 0. The Morgan fingerprint density at radius 1 is 0.400 bits per heavy atom. The first-order valence-corrected chi connectivity index (χ1v) is 9.12. The lowest BCUT2D eigenvalue weighted by Gasteiger charge is -2.08. The first-order valence-electron chi connectivity index (χ1n) is 9.12. The molecular weight excluding hydrogens is 412 g/mol. The predicted octanol–water partition coefficient (Wildman–Crippen LogP) is 0.772. The smallest absolute Gasteiger partial charge is 0.438 e. The molecule has 30 heavy (non-hydrogen) atoms. The fourth-order valence-electron chi connectivity index (χ4n) is 1.54. The molecule has 0 aliphatic rings. The summed E-state index contributed by atoms with van der Waals surface area (Å²) in [6.07, 6.45) is -2.35. The zero-order chi connectivity index (χ0) is 22.3. The summed E-state index contributed by atoms with van der Waals surface area (Å²) in [6, 6.07) is 0. The van der Waals surface area contributed by atoms with Crippen molar-refractivity contribution in [2.75, 3.05) is 93.5 Å². The third-order valence-corrected chi connectivity index (χ3v) is 2.87. The standard InChI is InChI=1S/C17H30O13/c1-21-15(18)27-11-7-23-3-5-25-9-13-29-17(20)30-14-10-26-6-4-24-8-12-28-16(19)22-2/h3-14H2,1-2H3. The number of hydrogen-bond donors (Lipinski definition) is 0. The van der Waals surface area contributed by atoms with Crippen LogP contribution in [0.25, 0.3) is 0 Å². The maximum absolute atomic E-state index is 11.3. The second-order valence-corrected chi connectivity index (χ2v) is 5.00. The molecule has 0 aromatic carbocycles. The van der Waals surface area contributed by atoms with Gasteiger partial charge in [0, 0.05) is 0 Å². The van der Waals surface area contributed by atoms with Gasteiger partial charge in [0.2, 0.25) is 0 Å². The van der Waals surface area contributed by atoms with Crippen molar-refractivity contribution in [3.8, 4) is 0 Å². The van der Waals surface area contributed by atoms with E-state index in [4.69, 9.17) is 28.4 Å². The number of carbonyl (C=O) groups excluding carboxylic acids is 3. The van der Waals surface area contributed by atoms with E-state index in [1.54, 1.807) is 0 Å². The van der Waals surface area contributed by atoms with Crippen LogP contribution in [0.2, 0.25) is 0 Å². The summed E-state index contributed by atoms with van der Waals surface area (Å²) in [6.45, 7) is 2.24. The van der Waals surface area contributed by atoms with Gasteiger partial charge in [-0.05, 0) is 0 Å². The molecule has 0 rings (SSSR count). The van der Waals surface area contributed by atoms with Crippen LogP contribution in [0.15, 0.2) is 0 Å². The van der Waals surface area contributed by atoms with Gasteiger partial charge in [-0.2, -0.15) is 0 Å². The number of carbonyl (C=O) groups is 3. The van der Waals surface area contributed by atoms with E-state index in [1.165, 1.54) is 14.2 Å². The molecule has 0 radical (unpaired) electrons. The lowest BCUT2D eigenvalue weighted by atomic mass is 10.7. The van der Waals surface area contributed by atoms with Crippen molar-refractivity contribution in [1.29, 1.82) is 0 Å². The largest absolute Gasteiger partial charge is 0.508 e. The van der Waals surface area contributed by atoms with Gasteiger partial charge in [0.15, 0.2) is 0 Å². The highest BCUT2D eigenvalue weighted by Crippen LogP contribution is 1.89. The topological polar surface area (TPSA) is 144 Å². The number of hydrogen-bond acceptors (Lipinski definition) is 13. The second-order valence-electron chi connectivity index (χ2n) is 5.00. The summed E-state index contributed by atoms with van der Waals surface area (Å²) in [5.74, 6) is 0. The minimum Gasteiger partial charge on any atom is -0.438 e. The van der Waals surface area contributed by atoms with Crippen LogP contribution >= 0.6 is 0 Å². The highest BCUT2D eigenvalue weighted by atomic mass is 16.7. The molecule has 0 unspecified atom stereocenters. The molecule has 0 saturated carbocycles. The molecule has 0 aromatic rings. The third-order valence-electron chi connectivity index (χ3n) is 2.87. The molecule has 0 amide bonds. The Morgan fingerprint density at radius 3 is 0.900 bits per heavy atom.